The van der Waals surface area contributed by atoms with E-state index in [2.05, 4.69) is 25.8 Å². The molecule has 0 spiro atoms. The number of aliphatic imine (C=N–C) groups is 1. The second-order valence-corrected chi connectivity index (χ2v) is 6.05. The molecule has 3 aromatic heterocycles. The van der Waals surface area contributed by atoms with Gasteiger partial charge in [0.2, 0.25) is 0 Å². The van der Waals surface area contributed by atoms with Crippen molar-refractivity contribution in [1.29, 1.82) is 0 Å². The van der Waals surface area contributed by atoms with Crippen molar-refractivity contribution in [2.45, 2.75) is 33.9 Å². The largest absolute Gasteiger partial charge is 0.361 e. The van der Waals surface area contributed by atoms with E-state index in [4.69, 9.17) is 4.52 Å². The molecule has 9 heteroatoms. The minimum Gasteiger partial charge on any atom is -0.361 e. The van der Waals surface area contributed by atoms with Crippen LogP contribution in [-0.2, 0) is 13.1 Å². The van der Waals surface area contributed by atoms with Gasteiger partial charge in [0.1, 0.15) is 5.76 Å². The molecule has 0 aliphatic carbocycles. The maximum absolute atomic E-state index is 5.17. The number of imidazole rings is 1. The van der Waals surface area contributed by atoms with Crippen LogP contribution >= 0.6 is 35.3 Å². The summed E-state index contributed by atoms with van der Waals surface area (Å²) in [5.41, 5.74) is 2.90. The number of nitrogens with zero attached hydrogens (tertiary/aromatic N) is 4. The number of fused-ring (bicyclic) bond motifs is 1. The maximum atomic E-state index is 5.17. The monoisotopic (exact) mass is 460 g/mol. The van der Waals surface area contributed by atoms with Crippen molar-refractivity contribution < 1.29 is 4.52 Å². The maximum Gasteiger partial charge on any atom is 0.193 e. The molecule has 0 radical (unpaired) electrons. The van der Waals surface area contributed by atoms with E-state index < -0.39 is 0 Å². The van der Waals surface area contributed by atoms with Crippen molar-refractivity contribution in [3.05, 3.63) is 40.5 Å². The van der Waals surface area contributed by atoms with Gasteiger partial charge in [0, 0.05) is 29.9 Å². The molecule has 0 atom stereocenters. The molecular weight excluding hydrogens is 439 g/mol. The smallest absolute Gasteiger partial charge is 0.193 e. The number of hydrogen-bond acceptors (Lipinski definition) is 5. The molecule has 3 heterocycles. The second-order valence-electron chi connectivity index (χ2n) is 5.18. The van der Waals surface area contributed by atoms with Gasteiger partial charge < -0.3 is 15.2 Å². The van der Waals surface area contributed by atoms with Crippen molar-refractivity contribution in [3.8, 4) is 0 Å². The van der Waals surface area contributed by atoms with Gasteiger partial charge in [-0.1, -0.05) is 5.16 Å². The van der Waals surface area contributed by atoms with Gasteiger partial charge >= 0.3 is 0 Å². The summed E-state index contributed by atoms with van der Waals surface area (Å²) in [6.07, 6.45) is 4.03. The van der Waals surface area contributed by atoms with Gasteiger partial charge in [-0.2, -0.15) is 0 Å². The Morgan fingerprint density at radius 1 is 1.38 bits per heavy atom. The predicted octanol–water partition coefficient (Wildman–Crippen LogP) is 2.87. The van der Waals surface area contributed by atoms with Crippen LogP contribution in [-0.4, -0.2) is 27.0 Å². The first-order valence-corrected chi connectivity index (χ1v) is 8.40. The number of halogens is 1. The number of thiazole rings is 1. The van der Waals surface area contributed by atoms with Crippen LogP contribution in [0.3, 0.4) is 0 Å². The van der Waals surface area contributed by atoms with E-state index in [1.54, 1.807) is 11.3 Å². The predicted molar refractivity (Wildman–Crippen MR) is 106 cm³/mol. The molecule has 0 bridgehead atoms. The van der Waals surface area contributed by atoms with E-state index >= 15 is 0 Å². The minimum absolute atomic E-state index is 0. The highest BCUT2D eigenvalue weighted by atomic mass is 127. The van der Waals surface area contributed by atoms with Crippen LogP contribution in [0.15, 0.2) is 27.3 Å². The van der Waals surface area contributed by atoms with Crippen molar-refractivity contribution >= 4 is 46.2 Å². The molecule has 7 nitrogen and oxygen atoms in total. The average molecular weight is 460 g/mol. The van der Waals surface area contributed by atoms with Crippen LogP contribution in [0.4, 0.5) is 0 Å². The summed E-state index contributed by atoms with van der Waals surface area (Å²) in [5.74, 6) is 1.57. The lowest BCUT2D eigenvalue weighted by Gasteiger charge is -2.10. The fraction of sp³-hybridized carbons (Fsp3) is 0.400. The van der Waals surface area contributed by atoms with Gasteiger partial charge in [-0.15, -0.1) is 35.3 Å². The Morgan fingerprint density at radius 2 is 2.21 bits per heavy atom. The van der Waals surface area contributed by atoms with Gasteiger partial charge in [-0.3, -0.25) is 4.40 Å². The molecule has 0 fully saturated rings. The summed E-state index contributed by atoms with van der Waals surface area (Å²) in [6, 6.07) is 0. The van der Waals surface area contributed by atoms with E-state index in [0.29, 0.717) is 13.1 Å². The van der Waals surface area contributed by atoms with Crippen molar-refractivity contribution in [3.63, 3.8) is 0 Å². The fourth-order valence-corrected chi connectivity index (χ4v) is 2.98. The van der Waals surface area contributed by atoms with Crippen LogP contribution in [0.1, 0.15) is 29.6 Å². The highest BCUT2D eigenvalue weighted by Crippen LogP contribution is 2.13. The summed E-state index contributed by atoms with van der Waals surface area (Å²) in [7, 11) is 0. The van der Waals surface area contributed by atoms with Crippen molar-refractivity contribution in [1.82, 2.24) is 25.2 Å². The van der Waals surface area contributed by atoms with Crippen molar-refractivity contribution in [2.75, 3.05) is 6.54 Å². The van der Waals surface area contributed by atoms with Gasteiger partial charge in [0.25, 0.3) is 0 Å². The van der Waals surface area contributed by atoms with Gasteiger partial charge in [-0.05, 0) is 20.8 Å². The molecule has 0 saturated heterocycles. The average Bonchev–Trinajstić information content (AvgIpc) is 3.19. The summed E-state index contributed by atoms with van der Waals surface area (Å²) < 4.78 is 7.19. The topological polar surface area (TPSA) is 79.8 Å². The number of nitrogens with one attached hydrogen (secondary N) is 2. The summed E-state index contributed by atoms with van der Waals surface area (Å²) in [5, 5.41) is 12.5. The molecule has 0 saturated carbocycles. The quantitative estimate of drug-likeness (QED) is 0.348. The molecule has 3 rings (SSSR count). The molecule has 0 aromatic carbocycles. The van der Waals surface area contributed by atoms with Gasteiger partial charge in [-0.25, -0.2) is 9.98 Å². The van der Waals surface area contributed by atoms with E-state index in [1.165, 1.54) is 0 Å². The zero-order valence-electron chi connectivity index (χ0n) is 13.9. The van der Waals surface area contributed by atoms with E-state index in [-0.39, 0.29) is 24.0 Å². The van der Waals surface area contributed by atoms with Gasteiger partial charge in [0.15, 0.2) is 10.9 Å². The third kappa shape index (κ3) is 4.26. The van der Waals surface area contributed by atoms with E-state index in [0.717, 1.165) is 40.2 Å². The summed E-state index contributed by atoms with van der Waals surface area (Å²) >= 11 is 1.63. The second kappa shape index (κ2) is 8.47. The Bertz CT molecular complexity index is 773. The van der Waals surface area contributed by atoms with Crippen LogP contribution in [0.2, 0.25) is 0 Å². The molecule has 130 valence electrons. The highest BCUT2D eigenvalue weighted by Gasteiger charge is 2.09. The Hall–Kier alpha value is -1.62. The first-order chi connectivity index (χ1) is 11.2. The fourth-order valence-electron chi connectivity index (χ4n) is 2.26. The summed E-state index contributed by atoms with van der Waals surface area (Å²) in [6.45, 7) is 7.84. The van der Waals surface area contributed by atoms with E-state index in [1.807, 2.05) is 42.9 Å². The van der Waals surface area contributed by atoms with E-state index in [9.17, 15) is 0 Å². The molecule has 24 heavy (non-hydrogen) atoms. The van der Waals surface area contributed by atoms with Crippen LogP contribution in [0.25, 0.3) is 4.96 Å². The minimum atomic E-state index is 0. The molecule has 0 unspecified atom stereocenters. The lowest BCUT2D eigenvalue weighted by molar-refractivity contribution is 0.392. The summed E-state index contributed by atoms with van der Waals surface area (Å²) in [4.78, 5) is 10.2. The zero-order chi connectivity index (χ0) is 16.2. The highest BCUT2D eigenvalue weighted by molar-refractivity contribution is 14.0. The number of hydrogen-bond donors (Lipinski definition) is 2. The molecule has 0 aliphatic heterocycles. The van der Waals surface area contributed by atoms with Crippen LogP contribution < -0.4 is 10.6 Å². The number of aryl methyl sites for hydroxylation is 2. The SMILES string of the molecule is CCNC(=NCc1c(C)noc1C)NCc1cn2ccsc2n1.I. The molecular formula is C15H21IN6OS. The van der Waals surface area contributed by atoms with Gasteiger partial charge in [0.05, 0.1) is 24.5 Å². The number of aromatic nitrogens is 3. The third-order valence-corrected chi connectivity index (χ3v) is 4.27. The lowest BCUT2D eigenvalue weighted by Crippen LogP contribution is -2.36. The molecule has 0 amide bonds. The standard InChI is InChI=1S/C15H20N6OS.HI/c1-4-16-14(18-8-13-10(2)20-22-11(13)3)17-7-12-9-21-5-6-23-15(21)19-12;/h5-6,9H,4,7-8H2,1-3H3,(H2,16,17,18);1H. The zero-order valence-corrected chi connectivity index (χ0v) is 17.0. The number of guanidine groups is 1. The molecule has 3 aromatic rings. The first-order valence-electron chi connectivity index (χ1n) is 7.52. The Kier molecular flexibility index (Phi) is 6.60. The first kappa shape index (κ1) is 18.7. The molecule has 2 N–H and O–H groups in total. The van der Waals surface area contributed by atoms with Crippen LogP contribution in [0.5, 0.6) is 0 Å². The molecule has 0 aliphatic rings. The Morgan fingerprint density at radius 3 is 2.88 bits per heavy atom. The van der Waals surface area contributed by atoms with Crippen molar-refractivity contribution in [2.24, 2.45) is 4.99 Å². The lowest BCUT2D eigenvalue weighted by atomic mass is 10.2. The Balaban J connectivity index is 0.00000208. The Labute approximate surface area is 161 Å². The van der Waals surface area contributed by atoms with Crippen LogP contribution in [0, 0.1) is 13.8 Å². The number of rotatable bonds is 5. The normalized spacial score (nSPS) is 11.5. The third-order valence-electron chi connectivity index (χ3n) is 3.50.